The summed E-state index contributed by atoms with van der Waals surface area (Å²) in [7, 11) is 0. The van der Waals surface area contributed by atoms with Crippen molar-refractivity contribution in [1.29, 1.82) is 0 Å². The number of amides is 2. The van der Waals surface area contributed by atoms with Crippen LogP contribution < -0.4 is 0 Å². The van der Waals surface area contributed by atoms with Gasteiger partial charge < -0.3 is 14.9 Å². The monoisotopic (exact) mass is 392 g/mol. The van der Waals surface area contributed by atoms with Gasteiger partial charge in [-0.2, -0.15) is 0 Å². The van der Waals surface area contributed by atoms with Crippen molar-refractivity contribution in [2.24, 2.45) is 0 Å². The Morgan fingerprint density at radius 2 is 1.55 bits per heavy atom. The zero-order valence-electron chi connectivity index (χ0n) is 16.7. The molecule has 2 heterocycles. The van der Waals surface area contributed by atoms with Gasteiger partial charge in [0.1, 0.15) is 5.54 Å². The molecule has 1 atom stereocenters. The van der Waals surface area contributed by atoms with Crippen LogP contribution in [-0.4, -0.2) is 45.3 Å². The lowest BCUT2D eigenvalue weighted by molar-refractivity contribution is -0.155. The summed E-state index contributed by atoms with van der Waals surface area (Å²) < 4.78 is 0. The maximum absolute atomic E-state index is 13.5. The van der Waals surface area contributed by atoms with E-state index in [0.717, 1.165) is 48.9 Å². The molecule has 4 rings (SSSR count). The lowest BCUT2D eigenvalue weighted by Gasteiger charge is -2.44. The number of aliphatic hydroxyl groups is 1. The molecule has 5 heteroatoms. The highest BCUT2D eigenvalue weighted by Crippen LogP contribution is 2.39. The van der Waals surface area contributed by atoms with Crippen LogP contribution in [0, 0.1) is 0 Å². The Hall–Kier alpha value is -2.66. The Kier molecular flexibility index (Phi) is 5.67. The number of carbonyl (C=O) groups is 2. The highest BCUT2D eigenvalue weighted by Gasteiger charge is 2.52. The van der Waals surface area contributed by atoms with Gasteiger partial charge in [0.25, 0.3) is 0 Å². The number of likely N-dealkylation sites (tertiary alicyclic amines) is 2. The van der Waals surface area contributed by atoms with Gasteiger partial charge >= 0.3 is 0 Å². The average molecular weight is 392 g/mol. The molecule has 2 amide bonds. The summed E-state index contributed by atoms with van der Waals surface area (Å²) in [6.45, 7) is 2.00. The van der Waals surface area contributed by atoms with Crippen molar-refractivity contribution in [2.75, 3.05) is 13.1 Å². The summed E-state index contributed by atoms with van der Waals surface area (Å²) in [4.78, 5) is 30.5. The first kappa shape index (κ1) is 19.6. The van der Waals surface area contributed by atoms with Crippen LogP contribution in [0.4, 0.5) is 0 Å². The van der Waals surface area contributed by atoms with Gasteiger partial charge in [0.05, 0.1) is 13.0 Å². The third-order valence-corrected chi connectivity index (χ3v) is 6.27. The van der Waals surface area contributed by atoms with Crippen LogP contribution in [0.3, 0.4) is 0 Å². The van der Waals surface area contributed by atoms with Crippen molar-refractivity contribution in [3.8, 4) is 0 Å². The van der Waals surface area contributed by atoms with Crippen LogP contribution in [0.1, 0.15) is 42.4 Å². The normalized spacial score (nSPS) is 21.8. The zero-order valence-corrected chi connectivity index (χ0v) is 16.7. The van der Waals surface area contributed by atoms with Gasteiger partial charge in [-0.1, -0.05) is 54.6 Å². The summed E-state index contributed by atoms with van der Waals surface area (Å²) in [6, 6.07) is 17.5. The minimum absolute atomic E-state index is 0.00475. The van der Waals surface area contributed by atoms with Gasteiger partial charge in [-0.15, -0.1) is 0 Å². The van der Waals surface area contributed by atoms with Gasteiger partial charge in [-0.25, -0.2) is 0 Å². The fourth-order valence-corrected chi connectivity index (χ4v) is 4.78. The second-order valence-corrected chi connectivity index (χ2v) is 8.15. The molecule has 1 N–H and O–H groups in total. The van der Waals surface area contributed by atoms with E-state index in [1.807, 2.05) is 64.4 Å². The molecule has 1 unspecified atom stereocenters. The molecule has 0 bridgehead atoms. The van der Waals surface area contributed by atoms with Crippen LogP contribution >= 0.6 is 0 Å². The number of nitrogens with zero attached hydrogens (tertiary/aromatic N) is 2. The van der Waals surface area contributed by atoms with E-state index in [0.29, 0.717) is 19.5 Å². The Bertz CT molecular complexity index is 865. The minimum atomic E-state index is -0.671. The van der Waals surface area contributed by atoms with E-state index >= 15 is 0 Å². The van der Waals surface area contributed by atoms with Crippen LogP contribution in [0.15, 0.2) is 54.6 Å². The van der Waals surface area contributed by atoms with Crippen LogP contribution in [0.2, 0.25) is 0 Å². The Morgan fingerprint density at radius 1 is 0.897 bits per heavy atom. The van der Waals surface area contributed by atoms with Crippen molar-refractivity contribution in [3.05, 3.63) is 71.3 Å². The smallest absolute Gasteiger partial charge is 0.248 e. The molecular formula is C24H28N2O3. The Balaban J connectivity index is 1.50. The quantitative estimate of drug-likeness (QED) is 0.851. The molecule has 0 radical (unpaired) electrons. The van der Waals surface area contributed by atoms with Crippen molar-refractivity contribution in [3.63, 3.8) is 0 Å². The summed E-state index contributed by atoms with van der Waals surface area (Å²) in [5.74, 6) is 0.128. The highest BCUT2D eigenvalue weighted by atomic mass is 16.3. The standard InChI is InChI=1S/C24H28N2O3/c27-18-21-10-8-19(9-11-21)16-22(28)26-15-5-13-24(26)12-4-14-25(23(24)29)17-20-6-2-1-3-7-20/h1-3,6-11,27H,4-5,12-18H2. The van der Waals surface area contributed by atoms with Crippen molar-refractivity contribution in [2.45, 2.75) is 50.8 Å². The third kappa shape index (κ3) is 3.92. The first-order valence-corrected chi connectivity index (χ1v) is 10.4. The SMILES string of the molecule is O=C(Cc1ccc(CO)cc1)N1CCCC12CCCN(Cc1ccccc1)C2=O. The molecule has 2 aromatic carbocycles. The largest absolute Gasteiger partial charge is 0.392 e. The molecule has 1 spiro atoms. The molecule has 2 aliphatic rings. The average Bonchev–Trinajstić information content (AvgIpc) is 3.17. The molecule has 0 aliphatic carbocycles. The second-order valence-electron chi connectivity index (χ2n) is 8.15. The molecule has 29 heavy (non-hydrogen) atoms. The lowest BCUT2D eigenvalue weighted by Crippen LogP contribution is -2.61. The summed E-state index contributed by atoms with van der Waals surface area (Å²) >= 11 is 0. The fourth-order valence-electron chi connectivity index (χ4n) is 4.78. The van der Waals surface area contributed by atoms with Gasteiger partial charge in [-0.3, -0.25) is 9.59 Å². The summed E-state index contributed by atoms with van der Waals surface area (Å²) in [5, 5.41) is 9.19. The maximum atomic E-state index is 13.5. The predicted octanol–water partition coefficient (Wildman–Crippen LogP) is 2.91. The molecule has 2 saturated heterocycles. The van der Waals surface area contributed by atoms with Gasteiger partial charge in [-0.05, 0) is 42.4 Å². The second kappa shape index (κ2) is 8.37. The van der Waals surface area contributed by atoms with Crippen LogP contribution in [0.5, 0.6) is 0 Å². The third-order valence-electron chi connectivity index (χ3n) is 6.27. The maximum Gasteiger partial charge on any atom is 0.248 e. The molecule has 2 aliphatic heterocycles. The Morgan fingerprint density at radius 3 is 2.24 bits per heavy atom. The van der Waals surface area contributed by atoms with E-state index in [1.165, 1.54) is 0 Å². The van der Waals surface area contributed by atoms with E-state index in [9.17, 15) is 14.7 Å². The first-order chi connectivity index (χ1) is 14.1. The number of piperidine rings is 1. The van der Waals surface area contributed by atoms with E-state index < -0.39 is 5.54 Å². The topological polar surface area (TPSA) is 60.9 Å². The predicted molar refractivity (Wildman–Crippen MR) is 111 cm³/mol. The lowest BCUT2D eigenvalue weighted by atomic mass is 9.84. The number of hydrogen-bond donors (Lipinski definition) is 1. The van der Waals surface area contributed by atoms with E-state index in [1.54, 1.807) is 0 Å². The molecule has 2 fully saturated rings. The number of aliphatic hydroxyl groups excluding tert-OH is 1. The Labute approximate surface area is 171 Å². The van der Waals surface area contributed by atoms with E-state index in [-0.39, 0.29) is 18.4 Å². The fraction of sp³-hybridized carbons (Fsp3) is 0.417. The first-order valence-electron chi connectivity index (χ1n) is 10.4. The molecular weight excluding hydrogens is 364 g/mol. The number of hydrogen-bond acceptors (Lipinski definition) is 3. The van der Waals surface area contributed by atoms with E-state index in [2.05, 4.69) is 0 Å². The summed E-state index contributed by atoms with van der Waals surface area (Å²) in [5.41, 5.74) is 2.20. The zero-order chi connectivity index (χ0) is 20.3. The van der Waals surface area contributed by atoms with Gasteiger partial charge in [0, 0.05) is 19.6 Å². The molecule has 5 nitrogen and oxygen atoms in total. The molecule has 152 valence electrons. The number of carbonyl (C=O) groups excluding carboxylic acids is 2. The van der Waals surface area contributed by atoms with Crippen molar-refractivity contribution in [1.82, 2.24) is 9.80 Å². The molecule has 2 aromatic rings. The molecule has 0 aromatic heterocycles. The van der Waals surface area contributed by atoms with Crippen LogP contribution in [0.25, 0.3) is 0 Å². The van der Waals surface area contributed by atoms with Crippen molar-refractivity contribution >= 4 is 11.8 Å². The summed E-state index contributed by atoms with van der Waals surface area (Å²) in [6.07, 6.45) is 3.60. The number of benzene rings is 2. The highest BCUT2D eigenvalue weighted by molar-refractivity contribution is 5.93. The number of rotatable bonds is 5. The van der Waals surface area contributed by atoms with Crippen molar-refractivity contribution < 1.29 is 14.7 Å². The van der Waals surface area contributed by atoms with E-state index in [4.69, 9.17) is 0 Å². The minimum Gasteiger partial charge on any atom is -0.392 e. The van der Waals surface area contributed by atoms with Crippen LogP contribution in [-0.2, 0) is 29.2 Å². The van der Waals surface area contributed by atoms with Gasteiger partial charge in [0.15, 0.2) is 0 Å². The molecule has 0 saturated carbocycles. The van der Waals surface area contributed by atoms with Gasteiger partial charge in [0.2, 0.25) is 11.8 Å².